The molecule has 1 aromatic heterocycles. The number of anilines is 2. The molecule has 1 aromatic rings. The Hall–Kier alpha value is -1.62. The highest BCUT2D eigenvalue weighted by Crippen LogP contribution is 2.14. The minimum Gasteiger partial charge on any atom is -0.371 e. The number of pyridine rings is 1. The molecule has 3 N–H and O–H groups in total. The molecule has 0 saturated heterocycles. The van der Waals surface area contributed by atoms with E-state index in [0.29, 0.717) is 5.82 Å². The third-order valence-electron chi connectivity index (χ3n) is 2.33. The molecule has 88 valence electrons. The van der Waals surface area contributed by atoms with Gasteiger partial charge in [-0.2, -0.15) is 0 Å². The topological polar surface area (TPSA) is 71.2 Å². The molecule has 5 nitrogen and oxygen atoms in total. The lowest BCUT2D eigenvalue weighted by atomic mass is 10.3. The van der Waals surface area contributed by atoms with Crippen LogP contribution < -0.4 is 16.0 Å². The van der Waals surface area contributed by atoms with Crippen LogP contribution in [0.15, 0.2) is 18.3 Å². The van der Waals surface area contributed by atoms with E-state index in [0.717, 1.165) is 18.8 Å². The fourth-order valence-electron chi connectivity index (χ4n) is 1.43. The summed E-state index contributed by atoms with van der Waals surface area (Å²) in [6, 6.07) is 3.72. The second-order valence-electron chi connectivity index (χ2n) is 3.33. The second-order valence-corrected chi connectivity index (χ2v) is 3.33. The molecule has 0 bridgehead atoms. The summed E-state index contributed by atoms with van der Waals surface area (Å²) in [5, 5.41) is 2.60. The molecule has 0 unspecified atom stereocenters. The lowest BCUT2D eigenvalue weighted by molar-refractivity contribution is -0.114. The van der Waals surface area contributed by atoms with E-state index >= 15 is 0 Å². The van der Waals surface area contributed by atoms with Crippen LogP contribution >= 0.6 is 0 Å². The summed E-state index contributed by atoms with van der Waals surface area (Å²) in [7, 11) is 0. The molecule has 0 spiro atoms. The predicted octanol–water partition coefficient (Wildman–Crippen LogP) is 0.825. The number of carbonyl (C=O) groups is 1. The summed E-state index contributed by atoms with van der Waals surface area (Å²) in [4.78, 5) is 17.4. The highest BCUT2D eigenvalue weighted by molar-refractivity contribution is 5.91. The summed E-state index contributed by atoms with van der Waals surface area (Å²) in [5.74, 6) is 0.300. The van der Waals surface area contributed by atoms with E-state index in [4.69, 9.17) is 5.73 Å². The zero-order chi connectivity index (χ0) is 12.0. The highest BCUT2D eigenvalue weighted by atomic mass is 16.1. The van der Waals surface area contributed by atoms with Crippen molar-refractivity contribution in [1.29, 1.82) is 0 Å². The van der Waals surface area contributed by atoms with E-state index < -0.39 is 0 Å². The van der Waals surface area contributed by atoms with Gasteiger partial charge >= 0.3 is 0 Å². The number of hydrogen-bond donors (Lipinski definition) is 2. The summed E-state index contributed by atoms with van der Waals surface area (Å²) in [6.07, 6.45) is 1.75. The first-order valence-corrected chi connectivity index (χ1v) is 5.42. The van der Waals surface area contributed by atoms with Gasteiger partial charge in [0.2, 0.25) is 5.91 Å². The fraction of sp³-hybridized carbons (Fsp3) is 0.455. The third-order valence-corrected chi connectivity index (χ3v) is 2.33. The maximum atomic E-state index is 11.0. The average molecular weight is 222 g/mol. The number of amides is 1. The van der Waals surface area contributed by atoms with Crippen LogP contribution in [0.2, 0.25) is 0 Å². The van der Waals surface area contributed by atoms with Crippen molar-refractivity contribution in [2.24, 2.45) is 5.73 Å². The van der Waals surface area contributed by atoms with Crippen molar-refractivity contribution in [2.75, 3.05) is 29.9 Å². The third kappa shape index (κ3) is 3.20. The molecule has 1 heterocycles. The van der Waals surface area contributed by atoms with Crippen LogP contribution in [0.1, 0.15) is 13.8 Å². The summed E-state index contributed by atoms with van der Waals surface area (Å²) >= 11 is 0. The lowest BCUT2D eigenvalue weighted by Crippen LogP contribution is -2.23. The van der Waals surface area contributed by atoms with Crippen molar-refractivity contribution >= 4 is 17.4 Å². The van der Waals surface area contributed by atoms with Crippen LogP contribution in [0.4, 0.5) is 11.5 Å². The van der Waals surface area contributed by atoms with Gasteiger partial charge in [0.05, 0.1) is 18.4 Å². The number of nitrogens with two attached hydrogens (primary N) is 1. The molecule has 0 fully saturated rings. The molecule has 5 heteroatoms. The first-order valence-electron chi connectivity index (χ1n) is 5.42. The molecule has 1 amide bonds. The van der Waals surface area contributed by atoms with Crippen LogP contribution in [-0.4, -0.2) is 30.5 Å². The van der Waals surface area contributed by atoms with Crippen molar-refractivity contribution in [3.05, 3.63) is 18.3 Å². The molecule has 0 radical (unpaired) electrons. The van der Waals surface area contributed by atoms with Gasteiger partial charge in [0.1, 0.15) is 5.82 Å². The number of rotatable bonds is 5. The summed E-state index contributed by atoms with van der Waals surface area (Å²) < 4.78 is 0. The molecule has 0 aliphatic rings. The van der Waals surface area contributed by atoms with Crippen LogP contribution in [0, 0.1) is 0 Å². The molecular formula is C11H18N4O. The minimum absolute atomic E-state index is 0.0283. The van der Waals surface area contributed by atoms with Gasteiger partial charge in [0.25, 0.3) is 0 Å². The highest BCUT2D eigenvalue weighted by Gasteiger charge is 2.03. The minimum atomic E-state index is -0.233. The molecular weight excluding hydrogens is 204 g/mol. The zero-order valence-electron chi connectivity index (χ0n) is 9.73. The van der Waals surface area contributed by atoms with Crippen molar-refractivity contribution in [3.8, 4) is 0 Å². The first-order chi connectivity index (χ1) is 7.71. The van der Waals surface area contributed by atoms with Gasteiger partial charge < -0.3 is 16.0 Å². The Morgan fingerprint density at radius 1 is 1.44 bits per heavy atom. The molecule has 16 heavy (non-hydrogen) atoms. The number of nitrogens with one attached hydrogen (secondary N) is 1. The number of aromatic nitrogens is 1. The lowest BCUT2D eigenvalue weighted by Gasteiger charge is -2.20. The second kappa shape index (κ2) is 6.07. The largest absolute Gasteiger partial charge is 0.371 e. The van der Waals surface area contributed by atoms with Crippen LogP contribution in [0.5, 0.6) is 0 Å². The van der Waals surface area contributed by atoms with Crippen molar-refractivity contribution in [1.82, 2.24) is 4.98 Å². The molecule has 0 atom stereocenters. The molecule has 0 saturated carbocycles. The Morgan fingerprint density at radius 3 is 2.56 bits per heavy atom. The van der Waals surface area contributed by atoms with Crippen LogP contribution in [-0.2, 0) is 4.79 Å². The predicted molar refractivity (Wildman–Crippen MR) is 65.5 cm³/mol. The Bertz CT molecular complexity index is 332. The van der Waals surface area contributed by atoms with Gasteiger partial charge in [-0.1, -0.05) is 0 Å². The number of nitrogens with zero attached hydrogens (tertiary/aromatic N) is 2. The maximum Gasteiger partial charge on any atom is 0.239 e. The average Bonchev–Trinajstić information content (AvgIpc) is 2.32. The first kappa shape index (κ1) is 12.4. The molecule has 0 aliphatic heterocycles. The van der Waals surface area contributed by atoms with Crippen LogP contribution in [0.3, 0.4) is 0 Å². The fourth-order valence-corrected chi connectivity index (χ4v) is 1.43. The summed E-state index contributed by atoms with van der Waals surface area (Å²) in [6.45, 7) is 6.03. The standard InChI is InChI=1S/C11H18N4O/c1-3-15(4-2)9-5-6-10(13-8-9)14-11(16)7-12/h5-6,8H,3-4,7,12H2,1-2H3,(H,13,14,16). The van der Waals surface area contributed by atoms with Gasteiger partial charge in [-0.05, 0) is 26.0 Å². The summed E-state index contributed by atoms with van der Waals surface area (Å²) in [5.41, 5.74) is 6.24. The quantitative estimate of drug-likeness (QED) is 0.774. The Labute approximate surface area is 95.7 Å². The maximum absolute atomic E-state index is 11.0. The van der Waals surface area contributed by atoms with Gasteiger partial charge in [0, 0.05) is 13.1 Å². The van der Waals surface area contributed by atoms with E-state index in [2.05, 4.69) is 29.0 Å². The van der Waals surface area contributed by atoms with Gasteiger partial charge in [-0.25, -0.2) is 4.98 Å². The van der Waals surface area contributed by atoms with Crippen LogP contribution in [0.25, 0.3) is 0 Å². The van der Waals surface area contributed by atoms with E-state index in [9.17, 15) is 4.79 Å². The van der Waals surface area contributed by atoms with E-state index in [1.807, 2.05) is 6.07 Å². The number of hydrogen-bond acceptors (Lipinski definition) is 4. The van der Waals surface area contributed by atoms with Gasteiger partial charge in [-0.3, -0.25) is 4.79 Å². The Balaban J connectivity index is 2.70. The SMILES string of the molecule is CCN(CC)c1ccc(NC(=O)CN)nc1. The normalized spacial score (nSPS) is 9.94. The van der Waals surface area contributed by atoms with E-state index in [-0.39, 0.29) is 12.5 Å². The van der Waals surface area contributed by atoms with Crippen molar-refractivity contribution < 1.29 is 4.79 Å². The van der Waals surface area contributed by atoms with E-state index in [1.54, 1.807) is 12.3 Å². The smallest absolute Gasteiger partial charge is 0.239 e. The zero-order valence-corrected chi connectivity index (χ0v) is 9.73. The molecule has 0 aliphatic carbocycles. The van der Waals surface area contributed by atoms with Gasteiger partial charge in [-0.15, -0.1) is 0 Å². The monoisotopic (exact) mass is 222 g/mol. The Kier molecular flexibility index (Phi) is 4.72. The number of carbonyl (C=O) groups excluding carboxylic acids is 1. The van der Waals surface area contributed by atoms with Crippen molar-refractivity contribution in [2.45, 2.75) is 13.8 Å². The van der Waals surface area contributed by atoms with E-state index in [1.165, 1.54) is 0 Å². The Morgan fingerprint density at radius 2 is 2.12 bits per heavy atom. The molecule has 1 rings (SSSR count). The van der Waals surface area contributed by atoms with Crippen molar-refractivity contribution in [3.63, 3.8) is 0 Å². The van der Waals surface area contributed by atoms with Gasteiger partial charge in [0.15, 0.2) is 0 Å². The molecule has 0 aromatic carbocycles.